The van der Waals surface area contributed by atoms with Gasteiger partial charge < -0.3 is 10.4 Å². The number of hydrogen-bond acceptors (Lipinski definition) is 4. The summed E-state index contributed by atoms with van der Waals surface area (Å²) < 4.78 is 27.1. The third-order valence-electron chi connectivity index (χ3n) is 3.46. The summed E-state index contributed by atoms with van der Waals surface area (Å²) in [5, 5.41) is 23.0. The van der Waals surface area contributed by atoms with Crippen LogP contribution in [-0.2, 0) is 0 Å². The molecule has 1 atom stereocenters. The van der Waals surface area contributed by atoms with E-state index in [1.165, 1.54) is 19.1 Å². The number of amides is 1. The van der Waals surface area contributed by atoms with Gasteiger partial charge in [0, 0.05) is 23.7 Å². The van der Waals surface area contributed by atoms with Crippen molar-refractivity contribution in [2.75, 3.05) is 6.54 Å². The lowest BCUT2D eigenvalue weighted by Crippen LogP contribution is -2.29. The second-order valence-electron chi connectivity index (χ2n) is 5.12. The summed E-state index contributed by atoms with van der Waals surface area (Å²) in [6.45, 7) is 1.09. The third kappa shape index (κ3) is 3.72. The van der Waals surface area contributed by atoms with Gasteiger partial charge in [0.2, 0.25) is 0 Å². The lowest BCUT2D eigenvalue weighted by molar-refractivity contribution is -0.385. The summed E-state index contributed by atoms with van der Waals surface area (Å²) >= 11 is 0. The van der Waals surface area contributed by atoms with E-state index >= 15 is 0 Å². The molecule has 0 aliphatic rings. The van der Waals surface area contributed by atoms with Crippen molar-refractivity contribution in [1.82, 2.24) is 5.32 Å². The van der Waals surface area contributed by atoms with Gasteiger partial charge in [-0.1, -0.05) is 12.1 Å². The monoisotopic (exact) mass is 336 g/mol. The number of rotatable bonds is 5. The summed E-state index contributed by atoms with van der Waals surface area (Å²) in [5.74, 6) is -2.56. The normalized spacial score (nSPS) is 11.8. The summed E-state index contributed by atoms with van der Waals surface area (Å²) in [4.78, 5) is 22.3. The van der Waals surface area contributed by atoms with Gasteiger partial charge >= 0.3 is 0 Å². The smallest absolute Gasteiger partial charge is 0.273 e. The minimum Gasteiger partial charge on any atom is -0.386 e. The van der Waals surface area contributed by atoms with E-state index in [2.05, 4.69) is 5.32 Å². The SMILES string of the molecule is Cc1ccc(C(=O)NCC(O)c2c(F)cccc2F)cc1[N+](=O)[O-]. The van der Waals surface area contributed by atoms with Gasteiger partial charge in [0.1, 0.15) is 17.7 Å². The van der Waals surface area contributed by atoms with Crippen LogP contribution < -0.4 is 5.32 Å². The van der Waals surface area contributed by atoms with E-state index in [0.717, 1.165) is 24.3 Å². The van der Waals surface area contributed by atoms with Crippen molar-refractivity contribution in [3.05, 3.63) is 74.8 Å². The number of nitro groups is 1. The number of aliphatic hydroxyl groups is 1. The second-order valence-corrected chi connectivity index (χ2v) is 5.12. The Hall–Kier alpha value is -2.87. The minimum atomic E-state index is -1.59. The maximum Gasteiger partial charge on any atom is 0.273 e. The van der Waals surface area contributed by atoms with Crippen LogP contribution in [0.1, 0.15) is 27.6 Å². The number of nitrogens with zero attached hydrogens (tertiary/aromatic N) is 1. The molecule has 0 aliphatic heterocycles. The highest BCUT2D eigenvalue weighted by Gasteiger charge is 2.20. The highest BCUT2D eigenvalue weighted by molar-refractivity contribution is 5.95. The van der Waals surface area contributed by atoms with E-state index in [9.17, 15) is 28.8 Å². The van der Waals surface area contributed by atoms with Gasteiger partial charge in [0.05, 0.1) is 10.5 Å². The van der Waals surface area contributed by atoms with Crippen LogP contribution in [0.5, 0.6) is 0 Å². The van der Waals surface area contributed by atoms with Crippen molar-refractivity contribution in [3.63, 3.8) is 0 Å². The zero-order chi connectivity index (χ0) is 17.9. The summed E-state index contributed by atoms with van der Waals surface area (Å²) in [6, 6.07) is 7.04. The van der Waals surface area contributed by atoms with E-state index in [4.69, 9.17) is 0 Å². The number of nitro benzene ring substituents is 1. The molecule has 0 heterocycles. The first-order chi connectivity index (χ1) is 11.3. The molecule has 2 aromatic carbocycles. The number of halogens is 2. The van der Waals surface area contributed by atoms with E-state index in [-0.39, 0.29) is 11.3 Å². The maximum absolute atomic E-state index is 13.5. The topological polar surface area (TPSA) is 92.5 Å². The number of aliphatic hydroxyl groups excluding tert-OH is 1. The molecule has 2 rings (SSSR count). The van der Waals surface area contributed by atoms with Crippen LogP contribution >= 0.6 is 0 Å². The van der Waals surface area contributed by atoms with E-state index in [0.29, 0.717) is 5.56 Å². The molecule has 0 saturated carbocycles. The second kappa shape index (κ2) is 7.14. The average Bonchev–Trinajstić information content (AvgIpc) is 2.52. The Balaban J connectivity index is 2.11. The highest BCUT2D eigenvalue weighted by Crippen LogP contribution is 2.21. The number of nitrogens with one attached hydrogen (secondary N) is 1. The zero-order valence-corrected chi connectivity index (χ0v) is 12.6. The molecule has 0 aliphatic carbocycles. The summed E-state index contributed by atoms with van der Waals surface area (Å²) in [7, 11) is 0. The molecule has 1 unspecified atom stereocenters. The fourth-order valence-electron chi connectivity index (χ4n) is 2.17. The van der Waals surface area contributed by atoms with Crippen molar-refractivity contribution in [3.8, 4) is 0 Å². The number of carbonyl (C=O) groups excluding carboxylic acids is 1. The van der Waals surface area contributed by atoms with Gasteiger partial charge in [-0.2, -0.15) is 0 Å². The van der Waals surface area contributed by atoms with Crippen LogP contribution in [0.25, 0.3) is 0 Å². The maximum atomic E-state index is 13.5. The molecule has 2 N–H and O–H groups in total. The lowest BCUT2D eigenvalue weighted by atomic mass is 10.1. The van der Waals surface area contributed by atoms with Gasteiger partial charge in [-0.15, -0.1) is 0 Å². The fourth-order valence-corrected chi connectivity index (χ4v) is 2.17. The van der Waals surface area contributed by atoms with Gasteiger partial charge in [-0.25, -0.2) is 8.78 Å². The van der Waals surface area contributed by atoms with E-state index in [1.807, 2.05) is 0 Å². The molecular formula is C16H14F2N2O4. The van der Waals surface area contributed by atoms with Crippen molar-refractivity contribution >= 4 is 11.6 Å². The van der Waals surface area contributed by atoms with Crippen LogP contribution in [-0.4, -0.2) is 22.5 Å². The molecule has 0 radical (unpaired) electrons. The molecular weight excluding hydrogens is 322 g/mol. The van der Waals surface area contributed by atoms with Gasteiger partial charge in [0.25, 0.3) is 11.6 Å². The van der Waals surface area contributed by atoms with Crippen LogP contribution in [0.4, 0.5) is 14.5 Å². The first-order valence-electron chi connectivity index (χ1n) is 6.96. The minimum absolute atomic E-state index is 0.00788. The quantitative estimate of drug-likeness (QED) is 0.648. The molecule has 8 heteroatoms. The Bertz CT molecular complexity index is 775. The highest BCUT2D eigenvalue weighted by atomic mass is 19.1. The predicted octanol–water partition coefficient (Wildman–Crippen LogP) is 2.64. The first kappa shape index (κ1) is 17.5. The molecule has 0 saturated heterocycles. The molecule has 0 spiro atoms. The standard InChI is InChI=1S/C16H14F2N2O4/c1-9-5-6-10(7-13(9)20(23)24)16(22)19-8-14(21)15-11(17)3-2-4-12(15)18/h2-7,14,21H,8H2,1H3,(H,19,22). The number of aryl methyl sites for hydroxylation is 1. The van der Waals surface area contributed by atoms with Crippen LogP contribution in [0.2, 0.25) is 0 Å². The molecule has 6 nitrogen and oxygen atoms in total. The van der Waals surface area contributed by atoms with Crippen molar-refractivity contribution in [1.29, 1.82) is 0 Å². The molecule has 126 valence electrons. The first-order valence-corrected chi connectivity index (χ1v) is 6.96. The van der Waals surface area contributed by atoms with Gasteiger partial charge in [0.15, 0.2) is 0 Å². The van der Waals surface area contributed by atoms with Crippen LogP contribution in [0.3, 0.4) is 0 Å². The molecule has 0 fully saturated rings. The Morgan fingerprint density at radius 3 is 2.50 bits per heavy atom. The van der Waals surface area contributed by atoms with Crippen LogP contribution in [0, 0.1) is 28.7 Å². The largest absolute Gasteiger partial charge is 0.386 e. The van der Waals surface area contributed by atoms with Crippen LogP contribution in [0.15, 0.2) is 36.4 Å². The number of benzene rings is 2. The zero-order valence-electron chi connectivity index (χ0n) is 12.6. The molecule has 2 aromatic rings. The average molecular weight is 336 g/mol. The lowest BCUT2D eigenvalue weighted by Gasteiger charge is -2.14. The molecule has 0 bridgehead atoms. The van der Waals surface area contributed by atoms with Crippen molar-refractivity contribution in [2.45, 2.75) is 13.0 Å². The number of carbonyl (C=O) groups is 1. The predicted molar refractivity (Wildman–Crippen MR) is 81.5 cm³/mol. The number of hydrogen-bond donors (Lipinski definition) is 2. The van der Waals surface area contributed by atoms with Gasteiger partial charge in [-0.3, -0.25) is 14.9 Å². The Morgan fingerprint density at radius 2 is 1.92 bits per heavy atom. The Morgan fingerprint density at radius 1 is 1.29 bits per heavy atom. The molecule has 0 aromatic heterocycles. The summed E-state index contributed by atoms with van der Waals surface area (Å²) in [6.07, 6.45) is -1.59. The summed E-state index contributed by atoms with van der Waals surface area (Å²) in [5.41, 5.74) is -0.366. The van der Waals surface area contributed by atoms with E-state index < -0.39 is 40.7 Å². The fraction of sp³-hybridized carbons (Fsp3) is 0.188. The van der Waals surface area contributed by atoms with E-state index in [1.54, 1.807) is 0 Å². The van der Waals surface area contributed by atoms with Gasteiger partial charge in [-0.05, 0) is 25.1 Å². The molecule has 1 amide bonds. The third-order valence-corrected chi connectivity index (χ3v) is 3.46. The van der Waals surface area contributed by atoms with Crippen molar-refractivity contribution in [2.24, 2.45) is 0 Å². The molecule has 24 heavy (non-hydrogen) atoms. The Labute approximate surface area is 135 Å². The Kier molecular flexibility index (Phi) is 5.20. The van der Waals surface area contributed by atoms with Crippen molar-refractivity contribution < 1.29 is 23.6 Å².